The number of para-hydroxylation sites is 1. The van der Waals surface area contributed by atoms with Gasteiger partial charge in [-0.05, 0) is 67.2 Å². The zero-order chi connectivity index (χ0) is 32.6. The Labute approximate surface area is 247 Å². The van der Waals surface area contributed by atoms with Crippen molar-refractivity contribution in [3.63, 3.8) is 0 Å². The first-order valence-electron chi connectivity index (χ1n) is 12.9. The van der Waals surface area contributed by atoms with Gasteiger partial charge < -0.3 is 20.1 Å². The molecule has 3 aromatic rings. The minimum atomic E-state index is -4.49. The van der Waals surface area contributed by atoms with E-state index in [2.05, 4.69) is 32.0 Å². The summed E-state index contributed by atoms with van der Waals surface area (Å²) in [5, 5.41) is 25.3. The van der Waals surface area contributed by atoms with Crippen molar-refractivity contribution in [3.8, 4) is 5.75 Å². The van der Waals surface area contributed by atoms with Crippen molar-refractivity contribution >= 4 is 30.0 Å². The molecule has 3 N–H and O–H groups in total. The van der Waals surface area contributed by atoms with Crippen LogP contribution < -0.4 is 4.74 Å². The first kappa shape index (κ1) is 36.1. The lowest BCUT2D eigenvalue weighted by atomic mass is 10.0. The number of benzene rings is 3. The lowest BCUT2D eigenvalue weighted by molar-refractivity contribution is -0.140. The standard InChI is InChI=1S/C12H16O2.C11H10O4.C9H7F3O2/c1-9-6-7-11(8-10(9)2)4-3-5-12(13)14;1-8(12)15-10-5-3-2-4-9(10)6-7-11(13)14;10-9(11,12)7-4-2-1-3-6(7)5-8(13)14/h6-8H,3-5H2,1-2H3,(H,13,14);2-7H,1H3,(H,13,14);1-4H,5H2,(H,13,14). The molecule has 0 unspecified atom stereocenters. The third-order valence-corrected chi connectivity index (χ3v) is 5.67. The molecular formula is C32H33F3O8. The summed E-state index contributed by atoms with van der Waals surface area (Å²) in [6.45, 7) is 5.45. The lowest BCUT2D eigenvalue weighted by Crippen LogP contribution is -2.11. The molecule has 0 aliphatic rings. The van der Waals surface area contributed by atoms with Gasteiger partial charge in [-0.2, -0.15) is 13.2 Å². The van der Waals surface area contributed by atoms with E-state index >= 15 is 0 Å². The molecule has 0 fully saturated rings. The fraction of sp³-hybridized carbons (Fsp3) is 0.250. The molecule has 0 bridgehead atoms. The van der Waals surface area contributed by atoms with Gasteiger partial charge in [-0.1, -0.05) is 54.6 Å². The Balaban J connectivity index is 0.000000323. The van der Waals surface area contributed by atoms with Gasteiger partial charge in [0, 0.05) is 25.0 Å². The molecule has 0 aliphatic carbocycles. The smallest absolute Gasteiger partial charge is 0.416 e. The monoisotopic (exact) mass is 602 g/mol. The number of carboxylic acids is 3. The summed E-state index contributed by atoms with van der Waals surface area (Å²) in [6.07, 6.45) is -0.914. The van der Waals surface area contributed by atoms with Crippen LogP contribution in [0.25, 0.3) is 6.08 Å². The highest BCUT2D eigenvalue weighted by Crippen LogP contribution is 2.32. The molecule has 11 heteroatoms. The largest absolute Gasteiger partial charge is 0.481 e. The highest BCUT2D eigenvalue weighted by molar-refractivity contribution is 5.86. The van der Waals surface area contributed by atoms with Gasteiger partial charge in [-0.15, -0.1) is 0 Å². The van der Waals surface area contributed by atoms with E-state index < -0.39 is 42.0 Å². The zero-order valence-electron chi connectivity index (χ0n) is 23.9. The molecule has 0 aromatic heterocycles. The van der Waals surface area contributed by atoms with Crippen molar-refractivity contribution in [1.29, 1.82) is 0 Å². The summed E-state index contributed by atoms with van der Waals surface area (Å²) in [7, 11) is 0. The Kier molecular flexibility index (Phi) is 14.9. The number of alkyl halides is 3. The highest BCUT2D eigenvalue weighted by atomic mass is 19.4. The zero-order valence-corrected chi connectivity index (χ0v) is 23.9. The molecule has 0 saturated heterocycles. The second kappa shape index (κ2) is 17.8. The van der Waals surface area contributed by atoms with E-state index in [1.807, 2.05) is 0 Å². The van der Waals surface area contributed by atoms with Crippen molar-refractivity contribution in [2.45, 2.75) is 52.6 Å². The van der Waals surface area contributed by atoms with Crippen LogP contribution >= 0.6 is 0 Å². The number of carbonyl (C=O) groups is 4. The molecule has 3 rings (SSSR count). The van der Waals surface area contributed by atoms with E-state index in [9.17, 15) is 32.3 Å². The van der Waals surface area contributed by atoms with Crippen LogP contribution in [0.2, 0.25) is 0 Å². The quantitative estimate of drug-likeness (QED) is 0.139. The molecule has 43 heavy (non-hydrogen) atoms. The maximum atomic E-state index is 12.3. The van der Waals surface area contributed by atoms with Crippen molar-refractivity contribution in [2.24, 2.45) is 0 Å². The molecule has 230 valence electrons. The maximum Gasteiger partial charge on any atom is 0.416 e. The van der Waals surface area contributed by atoms with Crippen molar-refractivity contribution in [2.75, 3.05) is 0 Å². The van der Waals surface area contributed by atoms with Crippen molar-refractivity contribution < 1.29 is 52.4 Å². The number of aliphatic carboxylic acids is 3. The van der Waals surface area contributed by atoms with Gasteiger partial charge in [0.2, 0.25) is 0 Å². The van der Waals surface area contributed by atoms with Crippen LogP contribution in [0.5, 0.6) is 5.75 Å². The second-order valence-electron chi connectivity index (χ2n) is 9.19. The predicted molar refractivity (Wildman–Crippen MR) is 154 cm³/mol. The number of ether oxygens (including phenoxy) is 1. The Bertz CT molecular complexity index is 1430. The Morgan fingerprint density at radius 3 is 2.02 bits per heavy atom. The van der Waals surface area contributed by atoms with Gasteiger partial charge in [0.15, 0.2) is 0 Å². The van der Waals surface area contributed by atoms with E-state index in [0.717, 1.165) is 31.1 Å². The van der Waals surface area contributed by atoms with Gasteiger partial charge in [0.1, 0.15) is 5.75 Å². The maximum absolute atomic E-state index is 12.3. The molecule has 0 aliphatic heterocycles. The number of hydrogen-bond acceptors (Lipinski definition) is 5. The van der Waals surface area contributed by atoms with Crippen molar-refractivity contribution in [1.82, 2.24) is 0 Å². The number of aryl methyl sites for hydroxylation is 3. The summed E-state index contributed by atoms with van der Waals surface area (Å²) in [5.41, 5.74) is 3.24. The minimum absolute atomic E-state index is 0.215. The van der Waals surface area contributed by atoms with Crippen LogP contribution in [0.3, 0.4) is 0 Å². The van der Waals surface area contributed by atoms with Gasteiger partial charge >= 0.3 is 30.1 Å². The molecule has 0 atom stereocenters. The molecule has 3 aromatic carbocycles. The third-order valence-electron chi connectivity index (χ3n) is 5.67. The van der Waals surface area contributed by atoms with Crippen LogP contribution in [-0.2, 0) is 38.2 Å². The fourth-order valence-corrected chi connectivity index (χ4v) is 3.54. The fourth-order valence-electron chi connectivity index (χ4n) is 3.54. The highest BCUT2D eigenvalue weighted by Gasteiger charge is 2.33. The summed E-state index contributed by atoms with van der Waals surface area (Å²) >= 11 is 0. The van der Waals surface area contributed by atoms with E-state index in [-0.39, 0.29) is 12.0 Å². The number of hydrogen-bond donors (Lipinski definition) is 3. The molecule has 0 saturated carbocycles. The van der Waals surface area contributed by atoms with Crippen LogP contribution in [0.15, 0.2) is 72.8 Å². The number of halogens is 3. The van der Waals surface area contributed by atoms with Crippen LogP contribution in [0.1, 0.15) is 53.1 Å². The van der Waals surface area contributed by atoms with E-state index in [1.54, 1.807) is 24.3 Å². The van der Waals surface area contributed by atoms with E-state index in [1.165, 1.54) is 41.8 Å². The average Bonchev–Trinajstić information content (AvgIpc) is 2.90. The molecule has 0 radical (unpaired) electrons. The Hall–Kier alpha value is -4.93. The Morgan fingerprint density at radius 2 is 1.47 bits per heavy atom. The number of carbonyl (C=O) groups excluding carboxylic acids is 1. The number of rotatable bonds is 9. The van der Waals surface area contributed by atoms with Crippen LogP contribution in [-0.4, -0.2) is 39.2 Å². The van der Waals surface area contributed by atoms with Gasteiger partial charge in [-0.25, -0.2) is 4.79 Å². The molecule has 0 heterocycles. The Morgan fingerprint density at radius 1 is 0.837 bits per heavy atom. The topological polar surface area (TPSA) is 138 Å². The number of esters is 1. The second-order valence-corrected chi connectivity index (χ2v) is 9.19. The summed E-state index contributed by atoms with van der Waals surface area (Å²) in [6, 6.07) is 17.6. The van der Waals surface area contributed by atoms with E-state index in [0.29, 0.717) is 11.3 Å². The lowest BCUT2D eigenvalue weighted by Gasteiger charge is -2.10. The first-order chi connectivity index (χ1) is 20.1. The minimum Gasteiger partial charge on any atom is -0.481 e. The van der Waals surface area contributed by atoms with Crippen molar-refractivity contribution in [3.05, 3.63) is 106 Å². The normalized spacial score (nSPS) is 10.6. The van der Waals surface area contributed by atoms with E-state index in [4.69, 9.17) is 20.1 Å². The van der Waals surface area contributed by atoms with Gasteiger partial charge in [0.25, 0.3) is 0 Å². The van der Waals surface area contributed by atoms with Gasteiger partial charge in [-0.3, -0.25) is 14.4 Å². The molecular weight excluding hydrogens is 569 g/mol. The third kappa shape index (κ3) is 15.0. The predicted octanol–water partition coefficient (Wildman–Crippen LogP) is 6.75. The molecule has 0 amide bonds. The molecule has 8 nitrogen and oxygen atoms in total. The van der Waals surface area contributed by atoms with Crippen LogP contribution in [0.4, 0.5) is 13.2 Å². The summed E-state index contributed by atoms with van der Waals surface area (Å²) < 4.78 is 41.8. The summed E-state index contributed by atoms with van der Waals surface area (Å²) in [5.74, 6) is -3.13. The van der Waals surface area contributed by atoms with Gasteiger partial charge in [0.05, 0.1) is 12.0 Å². The molecule has 0 spiro atoms. The SMILES string of the molecule is CC(=O)Oc1ccccc1C=CC(=O)O.Cc1ccc(CCCC(=O)O)cc1C.O=C(O)Cc1ccccc1C(F)(F)F. The number of carboxylic acid groups (broad SMARTS) is 3. The summed E-state index contributed by atoms with van der Waals surface area (Å²) in [4.78, 5) is 41.6. The first-order valence-corrected chi connectivity index (χ1v) is 12.9. The average molecular weight is 603 g/mol. The van der Waals surface area contributed by atoms with Crippen LogP contribution in [0, 0.1) is 13.8 Å².